The number of hydrogen-bond acceptors (Lipinski definition) is 4. The van der Waals surface area contributed by atoms with Crippen molar-refractivity contribution in [1.82, 2.24) is 0 Å². The Morgan fingerprint density at radius 3 is 2.47 bits per heavy atom. The van der Waals surface area contributed by atoms with E-state index in [2.05, 4.69) is 20.7 Å². The van der Waals surface area contributed by atoms with E-state index < -0.39 is 0 Å². The maximum absolute atomic E-state index is 11.1. The lowest BCUT2D eigenvalue weighted by atomic mass is 10.2. The van der Waals surface area contributed by atoms with Gasteiger partial charge in [0.05, 0.1) is 26.9 Å². The highest BCUT2D eigenvalue weighted by atomic mass is 79.9. The van der Waals surface area contributed by atoms with Gasteiger partial charge in [-0.1, -0.05) is 28.1 Å². The van der Waals surface area contributed by atoms with Gasteiger partial charge in [-0.2, -0.15) is 0 Å². The van der Waals surface area contributed by atoms with E-state index in [0.717, 1.165) is 11.3 Å². The molecule has 19 heavy (non-hydrogen) atoms. The molecule has 0 aliphatic carbocycles. The number of carbonyl (C=O) groups excluding carboxylic acids is 1. The Morgan fingerprint density at radius 1 is 1.26 bits per heavy atom. The summed E-state index contributed by atoms with van der Waals surface area (Å²) in [5, 5.41) is 0.695. The van der Waals surface area contributed by atoms with Gasteiger partial charge in [0.1, 0.15) is 5.75 Å². The van der Waals surface area contributed by atoms with Crippen LogP contribution in [0.4, 0.5) is 0 Å². The predicted octanol–water partition coefficient (Wildman–Crippen LogP) is 2.93. The lowest BCUT2D eigenvalue weighted by Gasteiger charge is -2.15. The van der Waals surface area contributed by atoms with E-state index in [0.29, 0.717) is 24.8 Å². The van der Waals surface area contributed by atoms with Gasteiger partial charge in [-0.3, -0.25) is 4.79 Å². The normalized spacial score (nSPS) is 11.9. The summed E-state index contributed by atoms with van der Waals surface area (Å²) in [6, 6.07) is 7.72. The molecular formula is C14H19BrO4. The summed E-state index contributed by atoms with van der Waals surface area (Å²) in [6.45, 7) is 0.515. The first-order valence-electron chi connectivity index (χ1n) is 6.07. The van der Waals surface area contributed by atoms with Crippen LogP contribution in [0.1, 0.15) is 18.4 Å². The molecule has 1 atom stereocenters. The lowest BCUT2D eigenvalue weighted by Crippen LogP contribution is -2.16. The molecule has 0 fully saturated rings. The molecule has 1 aromatic carbocycles. The lowest BCUT2D eigenvalue weighted by molar-refractivity contribution is -0.141. The summed E-state index contributed by atoms with van der Waals surface area (Å²) in [5.74, 6) is 0.616. The fourth-order valence-electron chi connectivity index (χ4n) is 1.52. The summed E-state index contributed by atoms with van der Waals surface area (Å²) in [6.07, 6.45) is 1.02. The third kappa shape index (κ3) is 6.07. The quantitative estimate of drug-likeness (QED) is 0.543. The summed E-state index contributed by atoms with van der Waals surface area (Å²) >= 11 is 3.39. The second-order valence-corrected chi connectivity index (χ2v) is 4.70. The third-order valence-electron chi connectivity index (χ3n) is 2.71. The smallest absolute Gasteiger partial charge is 0.305 e. The van der Waals surface area contributed by atoms with Gasteiger partial charge in [0.15, 0.2) is 0 Å². The summed E-state index contributed by atoms with van der Waals surface area (Å²) in [5.41, 5.74) is 1.07. The Bertz CT molecular complexity index is 378. The number of ether oxygens (including phenoxy) is 3. The van der Waals surface area contributed by atoms with Crippen LogP contribution in [0.2, 0.25) is 0 Å². The minimum Gasteiger partial charge on any atom is -0.497 e. The molecule has 0 amide bonds. The average molecular weight is 331 g/mol. The molecule has 4 nitrogen and oxygen atoms in total. The number of benzene rings is 1. The number of methoxy groups -OCH3 is 2. The molecule has 0 saturated carbocycles. The van der Waals surface area contributed by atoms with Crippen molar-refractivity contribution in [3.63, 3.8) is 0 Å². The fourth-order valence-corrected chi connectivity index (χ4v) is 2.03. The highest BCUT2D eigenvalue weighted by Crippen LogP contribution is 2.14. The average Bonchev–Trinajstić information content (AvgIpc) is 2.47. The molecule has 0 N–H and O–H groups in total. The molecule has 0 aliphatic heterocycles. The highest BCUT2D eigenvalue weighted by Gasteiger charge is 2.11. The number of carbonyl (C=O) groups is 1. The number of halogens is 1. The zero-order chi connectivity index (χ0) is 14.1. The summed E-state index contributed by atoms with van der Waals surface area (Å²) < 4.78 is 15.5. The van der Waals surface area contributed by atoms with Crippen LogP contribution >= 0.6 is 15.9 Å². The van der Waals surface area contributed by atoms with Crippen LogP contribution in [0, 0.1) is 0 Å². The molecular weight excluding hydrogens is 312 g/mol. The first-order valence-corrected chi connectivity index (χ1v) is 7.19. The van der Waals surface area contributed by atoms with Crippen molar-refractivity contribution in [1.29, 1.82) is 0 Å². The number of alkyl halides is 1. The van der Waals surface area contributed by atoms with E-state index in [9.17, 15) is 4.79 Å². The number of esters is 1. The summed E-state index contributed by atoms with van der Waals surface area (Å²) in [7, 11) is 3.03. The molecule has 0 bridgehead atoms. The monoisotopic (exact) mass is 330 g/mol. The molecule has 5 heteroatoms. The van der Waals surface area contributed by atoms with Crippen LogP contribution in [-0.4, -0.2) is 31.6 Å². The van der Waals surface area contributed by atoms with Crippen molar-refractivity contribution in [3.05, 3.63) is 29.8 Å². The van der Waals surface area contributed by atoms with Crippen molar-refractivity contribution < 1.29 is 19.0 Å². The van der Waals surface area contributed by atoms with Gasteiger partial charge in [0.2, 0.25) is 0 Å². The van der Waals surface area contributed by atoms with E-state index in [1.165, 1.54) is 7.11 Å². The topological polar surface area (TPSA) is 44.8 Å². The Hall–Kier alpha value is -1.07. The van der Waals surface area contributed by atoms with Gasteiger partial charge >= 0.3 is 5.97 Å². The zero-order valence-electron chi connectivity index (χ0n) is 11.2. The number of hydrogen-bond donors (Lipinski definition) is 0. The highest BCUT2D eigenvalue weighted by molar-refractivity contribution is 9.09. The van der Waals surface area contributed by atoms with Gasteiger partial charge in [-0.05, 0) is 24.1 Å². The molecule has 106 valence electrons. The minimum absolute atomic E-state index is 0.00111. The molecule has 1 aromatic rings. The zero-order valence-corrected chi connectivity index (χ0v) is 12.8. The molecule has 0 aliphatic rings. The van der Waals surface area contributed by atoms with Gasteiger partial charge in [0.25, 0.3) is 0 Å². The molecule has 0 radical (unpaired) electrons. The fraction of sp³-hybridized carbons (Fsp3) is 0.500. The van der Waals surface area contributed by atoms with E-state index in [1.54, 1.807) is 7.11 Å². The van der Waals surface area contributed by atoms with Gasteiger partial charge in [-0.25, -0.2) is 0 Å². The van der Waals surface area contributed by atoms with Crippen LogP contribution in [0.25, 0.3) is 0 Å². The maximum Gasteiger partial charge on any atom is 0.305 e. The number of rotatable bonds is 8. The largest absolute Gasteiger partial charge is 0.497 e. The Kier molecular flexibility index (Phi) is 7.52. The third-order valence-corrected chi connectivity index (χ3v) is 3.44. The second-order valence-electron chi connectivity index (χ2n) is 4.05. The first kappa shape index (κ1) is 16.0. The van der Waals surface area contributed by atoms with E-state index in [4.69, 9.17) is 9.47 Å². The first-order chi connectivity index (χ1) is 9.19. The molecule has 1 rings (SSSR count). The Balaban J connectivity index is 2.37. The SMILES string of the molecule is COC(=O)CC[C@@H](CBr)OCc1ccc(OC)cc1. The van der Waals surface area contributed by atoms with E-state index in [1.807, 2.05) is 24.3 Å². The van der Waals surface area contributed by atoms with Gasteiger partial charge < -0.3 is 14.2 Å². The van der Waals surface area contributed by atoms with Gasteiger partial charge in [-0.15, -0.1) is 0 Å². The molecule has 0 spiro atoms. The van der Waals surface area contributed by atoms with Crippen LogP contribution in [0.5, 0.6) is 5.75 Å². The van der Waals surface area contributed by atoms with Crippen LogP contribution in [-0.2, 0) is 20.9 Å². The van der Waals surface area contributed by atoms with E-state index >= 15 is 0 Å². The maximum atomic E-state index is 11.1. The second kappa shape index (κ2) is 8.93. The van der Waals surface area contributed by atoms with Gasteiger partial charge in [0, 0.05) is 11.8 Å². The van der Waals surface area contributed by atoms with Crippen molar-refractivity contribution in [2.45, 2.75) is 25.6 Å². The Morgan fingerprint density at radius 2 is 1.95 bits per heavy atom. The van der Waals surface area contributed by atoms with Crippen LogP contribution < -0.4 is 4.74 Å². The van der Waals surface area contributed by atoms with Crippen LogP contribution in [0.3, 0.4) is 0 Å². The molecule has 0 unspecified atom stereocenters. The molecule has 0 aromatic heterocycles. The Labute approximate surface area is 122 Å². The molecule has 0 saturated heterocycles. The van der Waals surface area contributed by atoms with Crippen molar-refractivity contribution in [2.75, 3.05) is 19.5 Å². The summed E-state index contributed by atoms with van der Waals surface area (Å²) in [4.78, 5) is 11.1. The van der Waals surface area contributed by atoms with E-state index in [-0.39, 0.29) is 12.1 Å². The van der Waals surface area contributed by atoms with Crippen LogP contribution in [0.15, 0.2) is 24.3 Å². The van der Waals surface area contributed by atoms with Crippen molar-refractivity contribution >= 4 is 21.9 Å². The minimum atomic E-state index is -0.209. The predicted molar refractivity (Wildman–Crippen MR) is 76.6 cm³/mol. The van der Waals surface area contributed by atoms with Crippen molar-refractivity contribution in [3.8, 4) is 5.75 Å². The van der Waals surface area contributed by atoms with Crippen molar-refractivity contribution in [2.24, 2.45) is 0 Å². The standard InChI is InChI=1S/C14H19BrO4/c1-17-12-5-3-11(4-6-12)10-19-13(9-15)7-8-14(16)18-2/h3-6,13H,7-10H2,1-2H3/t13-/m0/s1. The molecule has 0 heterocycles.